The number of carbonyl (C=O) groups is 1. The van der Waals surface area contributed by atoms with Crippen LogP contribution in [0.1, 0.15) is 14.5 Å². The lowest BCUT2D eigenvalue weighted by atomic mass is 10.2. The van der Waals surface area contributed by atoms with E-state index in [0.717, 1.165) is 0 Å². The zero-order chi connectivity index (χ0) is 10.8. The minimum Gasteiger partial charge on any atom is -0.496 e. The monoisotopic (exact) mass is 155 g/mol. The van der Waals surface area contributed by atoms with Crippen LogP contribution in [0.4, 0.5) is 0 Å². The Kier molecular flexibility index (Phi) is 1.22. The van der Waals surface area contributed by atoms with Gasteiger partial charge in [-0.05, 0) is 12.1 Å². The van der Waals surface area contributed by atoms with Gasteiger partial charge in [0.15, 0.2) is 0 Å². The number of ether oxygens (including phenoxy) is 1. The largest absolute Gasteiger partial charge is 0.496 e. The van der Waals surface area contributed by atoms with Gasteiger partial charge in [-0.15, -0.1) is 0 Å². The van der Waals surface area contributed by atoms with Gasteiger partial charge in [0.1, 0.15) is 11.3 Å². The fourth-order valence-electron chi connectivity index (χ4n) is 0.732. The van der Waals surface area contributed by atoms with Crippen LogP contribution in [0, 0.1) is 0 Å². The summed E-state index contributed by atoms with van der Waals surface area (Å²) in [4.78, 5) is 10.6. The number of carboxylic acid groups (broad SMARTS) is 1. The fourth-order valence-corrected chi connectivity index (χ4v) is 0.732. The fraction of sp³-hybridized carbons (Fsp3) is 0.125. The van der Waals surface area contributed by atoms with Crippen molar-refractivity contribution >= 4 is 5.97 Å². The summed E-state index contributed by atoms with van der Waals surface area (Å²) in [7, 11) is -2.63. The average molecular weight is 155 g/mol. The van der Waals surface area contributed by atoms with Crippen molar-refractivity contribution in [2.75, 3.05) is 7.04 Å². The van der Waals surface area contributed by atoms with Crippen LogP contribution in [0.25, 0.3) is 0 Å². The average Bonchev–Trinajstić information content (AvgIpc) is 2.01. The maximum absolute atomic E-state index is 10.6. The number of para-hydroxylation sites is 1. The number of aromatic carboxylic acids is 1. The third-order valence-electron chi connectivity index (χ3n) is 1.23. The molecule has 0 amide bonds. The van der Waals surface area contributed by atoms with Crippen molar-refractivity contribution < 1.29 is 18.8 Å². The van der Waals surface area contributed by atoms with Gasteiger partial charge in [-0.25, -0.2) is 4.79 Å². The van der Waals surface area contributed by atoms with E-state index in [0.29, 0.717) is 0 Å². The molecule has 58 valence electrons. The van der Waals surface area contributed by atoms with Gasteiger partial charge >= 0.3 is 5.97 Å². The molecule has 0 aromatic heterocycles. The van der Waals surface area contributed by atoms with E-state index in [2.05, 4.69) is 4.74 Å². The van der Waals surface area contributed by atoms with E-state index in [4.69, 9.17) is 9.22 Å². The minimum absolute atomic E-state index is 0.153. The van der Waals surface area contributed by atoms with Crippen LogP contribution in [0.2, 0.25) is 0 Å². The Labute approximate surface area is 68.4 Å². The minimum atomic E-state index is -2.63. The first kappa shape index (κ1) is 4.38. The second-order valence-corrected chi connectivity index (χ2v) is 1.90. The highest BCUT2D eigenvalue weighted by molar-refractivity contribution is 5.90. The highest BCUT2D eigenvalue weighted by atomic mass is 16.5. The maximum atomic E-state index is 10.6. The molecule has 11 heavy (non-hydrogen) atoms. The van der Waals surface area contributed by atoms with E-state index < -0.39 is 13.0 Å². The summed E-state index contributed by atoms with van der Waals surface area (Å²) in [6.07, 6.45) is 0. The lowest BCUT2D eigenvalue weighted by molar-refractivity contribution is 0.0693. The summed E-state index contributed by atoms with van der Waals surface area (Å²) in [6.45, 7) is 0. The molecule has 0 atom stereocenters. The van der Waals surface area contributed by atoms with Gasteiger partial charge in [-0.2, -0.15) is 0 Å². The van der Waals surface area contributed by atoms with Crippen molar-refractivity contribution in [1.82, 2.24) is 0 Å². The van der Waals surface area contributed by atoms with Crippen molar-refractivity contribution in [3.63, 3.8) is 0 Å². The van der Waals surface area contributed by atoms with Crippen LogP contribution in [0.3, 0.4) is 0 Å². The van der Waals surface area contributed by atoms with E-state index in [1.54, 1.807) is 0 Å². The molecule has 0 fully saturated rings. The molecule has 0 aliphatic heterocycles. The van der Waals surface area contributed by atoms with Crippen molar-refractivity contribution in [2.24, 2.45) is 0 Å². The highest BCUT2D eigenvalue weighted by Crippen LogP contribution is 2.16. The molecule has 0 bridgehead atoms. The molecule has 0 unspecified atom stereocenters. The molecule has 0 radical (unpaired) electrons. The first-order valence-electron chi connectivity index (χ1n) is 4.41. The van der Waals surface area contributed by atoms with E-state index in [-0.39, 0.29) is 11.3 Å². The number of benzene rings is 1. The second kappa shape index (κ2) is 3.05. The molecule has 0 spiro atoms. The molecule has 0 aliphatic rings. The molecular weight excluding hydrogens is 144 g/mol. The molecule has 0 aliphatic carbocycles. The van der Waals surface area contributed by atoms with Crippen LogP contribution in [0.5, 0.6) is 5.75 Å². The van der Waals surface area contributed by atoms with Gasteiger partial charge in [-0.1, -0.05) is 12.1 Å². The van der Waals surface area contributed by atoms with Crippen molar-refractivity contribution in [3.8, 4) is 5.75 Å². The maximum Gasteiger partial charge on any atom is 0.339 e. The third-order valence-corrected chi connectivity index (χ3v) is 1.23. The van der Waals surface area contributed by atoms with Crippen molar-refractivity contribution in [2.45, 2.75) is 0 Å². The molecule has 0 heterocycles. The Morgan fingerprint density at radius 1 is 1.64 bits per heavy atom. The second-order valence-electron chi connectivity index (χ2n) is 1.90. The topological polar surface area (TPSA) is 46.5 Å². The molecule has 1 N–H and O–H groups in total. The van der Waals surface area contributed by atoms with E-state index in [9.17, 15) is 4.79 Å². The van der Waals surface area contributed by atoms with E-state index in [1.807, 2.05) is 0 Å². The molecule has 0 saturated carbocycles. The first-order valence-corrected chi connectivity index (χ1v) is 2.91. The Bertz CT molecular complexity index is 346. The zero-order valence-electron chi connectivity index (χ0n) is 8.57. The Morgan fingerprint density at radius 3 is 3.00 bits per heavy atom. The number of rotatable bonds is 2. The summed E-state index contributed by atoms with van der Waals surface area (Å²) < 4.78 is 25.0. The third kappa shape index (κ3) is 1.49. The van der Waals surface area contributed by atoms with Crippen LogP contribution >= 0.6 is 0 Å². The quantitative estimate of drug-likeness (QED) is 0.702. The Morgan fingerprint density at radius 2 is 2.36 bits per heavy atom. The number of hydrogen-bond acceptors (Lipinski definition) is 2. The van der Waals surface area contributed by atoms with Crippen LogP contribution in [-0.4, -0.2) is 18.1 Å². The molecule has 1 aromatic rings. The molecular formula is C8H8O3. The summed E-state index contributed by atoms with van der Waals surface area (Å²) in [5.74, 6) is -1.37. The number of carboxylic acids is 1. The summed E-state index contributed by atoms with van der Waals surface area (Å²) in [6, 6.07) is 5.59. The lowest BCUT2D eigenvalue weighted by Crippen LogP contribution is -1.99. The highest BCUT2D eigenvalue weighted by Gasteiger charge is 2.07. The van der Waals surface area contributed by atoms with Crippen LogP contribution in [0.15, 0.2) is 24.3 Å². The zero-order valence-corrected chi connectivity index (χ0v) is 5.57. The van der Waals surface area contributed by atoms with Gasteiger partial charge in [-0.3, -0.25) is 0 Å². The first-order chi connectivity index (χ1) is 6.40. The summed E-state index contributed by atoms with van der Waals surface area (Å²) in [5, 5.41) is 8.70. The van der Waals surface area contributed by atoms with E-state index >= 15 is 0 Å². The molecule has 3 nitrogen and oxygen atoms in total. The predicted molar refractivity (Wildman–Crippen MR) is 40.0 cm³/mol. The smallest absolute Gasteiger partial charge is 0.339 e. The molecule has 1 rings (SSSR count). The Hall–Kier alpha value is -1.51. The van der Waals surface area contributed by atoms with Gasteiger partial charge in [0, 0.05) is 0 Å². The SMILES string of the molecule is [2H]C([2H])([2H])Oc1ccccc1C(=O)O. The Balaban J connectivity index is 3.02. The van der Waals surface area contributed by atoms with Crippen molar-refractivity contribution in [1.29, 1.82) is 0 Å². The molecule has 1 aromatic carbocycles. The number of methoxy groups -OCH3 is 1. The van der Waals surface area contributed by atoms with Gasteiger partial charge < -0.3 is 9.84 Å². The normalized spacial score (nSPS) is 14.4. The number of hydrogen-bond donors (Lipinski definition) is 1. The molecule has 3 heteroatoms. The van der Waals surface area contributed by atoms with Crippen molar-refractivity contribution in [3.05, 3.63) is 29.8 Å². The molecule has 0 saturated heterocycles. The van der Waals surface area contributed by atoms with E-state index in [1.165, 1.54) is 24.3 Å². The van der Waals surface area contributed by atoms with Crippen LogP contribution in [-0.2, 0) is 0 Å². The summed E-state index contributed by atoms with van der Waals surface area (Å²) in [5.41, 5.74) is -0.163. The van der Waals surface area contributed by atoms with Gasteiger partial charge in [0.25, 0.3) is 0 Å². The van der Waals surface area contributed by atoms with Gasteiger partial charge in [0.2, 0.25) is 0 Å². The van der Waals surface area contributed by atoms with Crippen LogP contribution < -0.4 is 4.74 Å². The standard InChI is InChI=1S/C8H8O3/c1-11-7-5-3-2-4-6(7)8(9)10/h2-5H,1H3,(H,9,10)/i1D3. The van der Waals surface area contributed by atoms with Gasteiger partial charge in [0.05, 0.1) is 11.2 Å². The lowest BCUT2D eigenvalue weighted by Gasteiger charge is -2.01. The summed E-state index contributed by atoms with van der Waals surface area (Å²) >= 11 is 0. The predicted octanol–water partition coefficient (Wildman–Crippen LogP) is 1.39.